The number of rotatable bonds is 21. The molecule has 6 amide bonds. The molecule has 286 valence electrons. The van der Waals surface area contributed by atoms with Crippen molar-refractivity contribution in [2.75, 3.05) is 26.2 Å². The zero-order valence-electron chi connectivity index (χ0n) is 29.4. The first-order valence-corrected chi connectivity index (χ1v) is 16.9. The number of alkyl halides is 3. The zero-order chi connectivity index (χ0) is 38.0. The molecule has 1 rings (SSSR count). The van der Waals surface area contributed by atoms with Gasteiger partial charge in [-0.25, -0.2) is 4.79 Å². The fraction of sp³-hybridized carbons (Fsp3) is 0.774. The summed E-state index contributed by atoms with van der Waals surface area (Å²) in [4.78, 5) is 93.4. The lowest BCUT2D eigenvalue weighted by Crippen LogP contribution is -2.57. The lowest BCUT2D eigenvalue weighted by molar-refractivity contribution is -0.206. The van der Waals surface area contributed by atoms with Gasteiger partial charge in [0.25, 0.3) is 0 Å². The van der Waals surface area contributed by atoms with Crippen molar-refractivity contribution < 1.29 is 51.6 Å². The van der Waals surface area contributed by atoms with Gasteiger partial charge in [0.05, 0.1) is 12.6 Å². The number of hydrogen-bond acceptors (Lipinski definition) is 10. The van der Waals surface area contributed by atoms with E-state index in [0.29, 0.717) is 32.1 Å². The van der Waals surface area contributed by atoms with E-state index in [0.717, 1.165) is 0 Å². The highest BCUT2D eigenvalue weighted by Crippen LogP contribution is 2.20. The Hall–Kier alpha value is -4.00. The van der Waals surface area contributed by atoms with Crippen LogP contribution in [0.25, 0.3) is 0 Å². The van der Waals surface area contributed by atoms with Gasteiger partial charge in [-0.15, -0.1) is 0 Å². The molecule has 0 unspecified atom stereocenters. The molecule has 1 aliphatic heterocycles. The molecule has 0 aromatic rings. The van der Waals surface area contributed by atoms with E-state index in [9.17, 15) is 46.7 Å². The number of likely N-dealkylation sites (tertiary alicyclic amines) is 1. The maximum Gasteiger partial charge on any atom is 0.492 e. The summed E-state index contributed by atoms with van der Waals surface area (Å²) in [6, 6.07) is -4.56. The van der Waals surface area contributed by atoms with E-state index in [-0.39, 0.29) is 44.8 Å². The number of halogens is 3. The van der Waals surface area contributed by atoms with Crippen LogP contribution in [0.1, 0.15) is 86.0 Å². The molecule has 1 fully saturated rings. The van der Waals surface area contributed by atoms with Crippen LogP contribution in [0.5, 0.6) is 0 Å². The number of hydrogen-bond donors (Lipinski definition) is 7. The van der Waals surface area contributed by atoms with Crippen LogP contribution in [0.3, 0.4) is 0 Å². The Kier molecular flexibility index (Phi) is 19.3. The van der Waals surface area contributed by atoms with E-state index in [2.05, 4.69) is 31.4 Å². The van der Waals surface area contributed by atoms with Gasteiger partial charge < -0.3 is 42.1 Å². The molecule has 0 aromatic heterocycles. The van der Waals surface area contributed by atoms with Gasteiger partial charge in [0.1, 0.15) is 24.2 Å². The molecule has 0 bridgehead atoms. The van der Waals surface area contributed by atoms with Gasteiger partial charge >= 0.3 is 12.1 Å². The van der Waals surface area contributed by atoms with Crippen molar-refractivity contribution >= 4 is 41.4 Å². The van der Waals surface area contributed by atoms with Crippen LogP contribution in [-0.4, -0.2) is 109 Å². The van der Waals surface area contributed by atoms with Crippen molar-refractivity contribution in [3.8, 4) is 0 Å². The summed E-state index contributed by atoms with van der Waals surface area (Å²) < 4.78 is 36.6. The second-order valence-corrected chi connectivity index (χ2v) is 12.6. The van der Waals surface area contributed by atoms with Gasteiger partial charge in [0.2, 0.25) is 35.4 Å². The number of nitrogens with one attached hydrogen (secondary N) is 6. The van der Waals surface area contributed by atoms with E-state index in [4.69, 9.17) is 5.73 Å². The first-order chi connectivity index (χ1) is 23.4. The zero-order valence-corrected chi connectivity index (χ0v) is 29.4. The van der Waals surface area contributed by atoms with E-state index >= 15 is 0 Å². The second kappa shape index (κ2) is 22.0. The van der Waals surface area contributed by atoms with E-state index < -0.39 is 84.3 Å². The van der Waals surface area contributed by atoms with Crippen LogP contribution >= 0.6 is 0 Å². The van der Waals surface area contributed by atoms with Crippen LogP contribution in [0.2, 0.25) is 0 Å². The topological polar surface area (TPSA) is 230 Å². The van der Waals surface area contributed by atoms with Gasteiger partial charge in [-0.2, -0.15) is 18.7 Å². The Morgan fingerprint density at radius 3 is 2.00 bits per heavy atom. The summed E-state index contributed by atoms with van der Waals surface area (Å²) in [6.07, 6.45) is -2.20. The summed E-state index contributed by atoms with van der Waals surface area (Å²) in [5.74, 6) is -5.74. The summed E-state index contributed by atoms with van der Waals surface area (Å²) in [6.45, 7) is 8.46. The SMILES string of the molecule is CCC[C@H](NC(=O)[C@H](C)N)C(=O)N[C@@H](CCC)C(=O)NCC(=O)N[C@@H](CC(C)C)C(=O)N1CCC[C@H]1C(=O)NCCCNOC(=O)C(F)(F)F. The molecule has 1 saturated heterocycles. The molecule has 50 heavy (non-hydrogen) atoms. The lowest BCUT2D eigenvalue weighted by atomic mass is 10.0. The fourth-order valence-corrected chi connectivity index (χ4v) is 5.09. The van der Waals surface area contributed by atoms with Crippen LogP contribution in [-0.2, 0) is 38.4 Å². The Morgan fingerprint density at radius 1 is 0.840 bits per heavy atom. The van der Waals surface area contributed by atoms with Crippen molar-refractivity contribution in [1.29, 1.82) is 0 Å². The summed E-state index contributed by atoms with van der Waals surface area (Å²) >= 11 is 0. The number of amides is 6. The highest BCUT2D eigenvalue weighted by molar-refractivity contribution is 5.95. The summed E-state index contributed by atoms with van der Waals surface area (Å²) in [7, 11) is 0. The maximum atomic E-state index is 13.6. The predicted octanol–water partition coefficient (Wildman–Crippen LogP) is -0.342. The van der Waals surface area contributed by atoms with Crippen molar-refractivity contribution in [2.24, 2.45) is 11.7 Å². The lowest BCUT2D eigenvalue weighted by Gasteiger charge is -2.29. The average molecular weight is 723 g/mol. The molecule has 19 heteroatoms. The third-order valence-corrected chi connectivity index (χ3v) is 7.59. The minimum Gasteiger partial charge on any atom is -0.364 e. The molecule has 0 aromatic carbocycles. The molecule has 0 spiro atoms. The number of carbonyl (C=O) groups excluding carboxylic acids is 7. The Labute approximate surface area is 290 Å². The number of carbonyl (C=O) groups is 7. The Bertz CT molecular complexity index is 1170. The first kappa shape index (κ1) is 44.0. The largest absolute Gasteiger partial charge is 0.492 e. The van der Waals surface area contributed by atoms with Crippen LogP contribution < -0.4 is 37.8 Å². The van der Waals surface area contributed by atoms with Crippen LogP contribution in [0.4, 0.5) is 13.2 Å². The van der Waals surface area contributed by atoms with Crippen molar-refractivity contribution in [3.63, 3.8) is 0 Å². The Morgan fingerprint density at radius 2 is 1.44 bits per heavy atom. The highest BCUT2D eigenvalue weighted by atomic mass is 19.4. The third kappa shape index (κ3) is 15.7. The molecule has 0 aliphatic carbocycles. The molecule has 8 N–H and O–H groups in total. The first-order valence-electron chi connectivity index (χ1n) is 16.9. The number of nitrogens with zero attached hydrogens (tertiary/aromatic N) is 1. The fourth-order valence-electron chi connectivity index (χ4n) is 5.09. The average Bonchev–Trinajstić information content (AvgIpc) is 3.53. The quantitative estimate of drug-likeness (QED) is 0.0602. The van der Waals surface area contributed by atoms with Gasteiger partial charge in [0, 0.05) is 19.6 Å². The molecule has 5 atom stereocenters. The van der Waals surface area contributed by atoms with Crippen molar-refractivity contribution in [3.05, 3.63) is 0 Å². The minimum atomic E-state index is -5.14. The molecule has 1 heterocycles. The summed E-state index contributed by atoms with van der Waals surface area (Å²) in [5.41, 5.74) is 7.48. The van der Waals surface area contributed by atoms with Gasteiger partial charge in [-0.3, -0.25) is 28.8 Å². The number of hydroxylamine groups is 1. The van der Waals surface area contributed by atoms with Crippen molar-refractivity contribution in [1.82, 2.24) is 37.0 Å². The predicted molar refractivity (Wildman–Crippen MR) is 174 cm³/mol. The Balaban J connectivity index is 2.77. The standard InChI is InChI=1S/C31H53F3N8O8/c1-6-10-20(41-27(46)21(11-7-2)40-25(44)19(5)35)26(45)37-17-24(43)39-22(16-18(3)4)29(48)42-15-8-12-23(42)28(47)36-13-9-14-38-50-30(49)31(32,33)34/h18-23,38H,6-17,35H2,1-5H3,(H,36,47)(H,37,45)(H,39,43)(H,40,44)(H,41,46)/t19-,20-,21-,22-,23-/m0/s1. The van der Waals surface area contributed by atoms with E-state index in [1.165, 1.54) is 11.8 Å². The van der Waals surface area contributed by atoms with Gasteiger partial charge in [-0.05, 0) is 51.4 Å². The molecule has 1 aliphatic rings. The molecular weight excluding hydrogens is 669 g/mol. The maximum absolute atomic E-state index is 13.6. The highest BCUT2D eigenvalue weighted by Gasteiger charge is 2.41. The van der Waals surface area contributed by atoms with Crippen LogP contribution in [0.15, 0.2) is 0 Å². The molecule has 16 nitrogen and oxygen atoms in total. The number of nitrogens with two attached hydrogens (primary N) is 1. The third-order valence-electron chi connectivity index (χ3n) is 7.59. The van der Waals surface area contributed by atoms with Crippen LogP contribution in [0, 0.1) is 5.92 Å². The van der Waals surface area contributed by atoms with Gasteiger partial charge in [0.15, 0.2) is 0 Å². The van der Waals surface area contributed by atoms with E-state index in [1.807, 2.05) is 33.2 Å². The normalized spacial score (nSPS) is 16.8. The van der Waals surface area contributed by atoms with Gasteiger partial charge in [-0.1, -0.05) is 40.5 Å². The molecular formula is C31H53F3N8O8. The molecule has 0 radical (unpaired) electrons. The monoisotopic (exact) mass is 722 g/mol. The van der Waals surface area contributed by atoms with Crippen molar-refractivity contribution in [2.45, 2.75) is 122 Å². The second-order valence-electron chi connectivity index (χ2n) is 12.6. The summed E-state index contributed by atoms with van der Waals surface area (Å²) in [5, 5.41) is 13.0. The molecule has 0 saturated carbocycles. The minimum absolute atomic E-state index is 0.0278. The smallest absolute Gasteiger partial charge is 0.364 e. The van der Waals surface area contributed by atoms with E-state index in [1.54, 1.807) is 0 Å².